The van der Waals surface area contributed by atoms with E-state index in [-0.39, 0.29) is 30.6 Å². The molecule has 2 aliphatic rings. The van der Waals surface area contributed by atoms with Crippen LogP contribution in [0.2, 0.25) is 0 Å². The molecule has 238 valence electrons. The fourth-order valence-electron chi connectivity index (χ4n) is 6.29. The Balaban J connectivity index is 1.44. The number of benzene rings is 1. The monoisotopic (exact) mass is 608 g/mol. The lowest BCUT2D eigenvalue weighted by atomic mass is 9.79. The number of rotatable bonds is 7. The highest BCUT2D eigenvalue weighted by Gasteiger charge is 2.38. The number of alkyl carbamates (subject to hydrolysis) is 1. The van der Waals surface area contributed by atoms with Crippen molar-refractivity contribution in [2.75, 3.05) is 19.8 Å². The topological polar surface area (TPSA) is 96.7 Å². The molecule has 5 rings (SSSR count). The van der Waals surface area contributed by atoms with Gasteiger partial charge in [0.1, 0.15) is 12.2 Å². The Labute approximate surface area is 259 Å². The van der Waals surface area contributed by atoms with Gasteiger partial charge in [0.15, 0.2) is 6.23 Å². The standard InChI is InChI=1S/C34H45FN4O5/c1-32(2,3)43-31(40)36-15-17-41-27-14-12-23(21-37-27)29(24-19-33(4,5)44-34(6,7)20-24)22-11-13-26-25(18-22)30(35)38-39(26)28-10-8-9-16-42-28/h11-14,18,21,28H,8-10,15-17,19-20H2,1-7H3,(H,36,40). The summed E-state index contributed by atoms with van der Waals surface area (Å²) in [6, 6.07) is 9.66. The summed E-state index contributed by atoms with van der Waals surface area (Å²) in [7, 11) is 0. The van der Waals surface area contributed by atoms with E-state index in [0.717, 1.165) is 54.3 Å². The van der Waals surface area contributed by atoms with Gasteiger partial charge in [-0.3, -0.25) is 0 Å². The first-order valence-corrected chi connectivity index (χ1v) is 15.5. The van der Waals surface area contributed by atoms with Crippen LogP contribution in [-0.4, -0.2) is 57.4 Å². The van der Waals surface area contributed by atoms with Gasteiger partial charge in [-0.25, -0.2) is 14.5 Å². The molecule has 2 aromatic heterocycles. The lowest BCUT2D eigenvalue weighted by Gasteiger charge is -2.43. The maximum absolute atomic E-state index is 15.3. The highest BCUT2D eigenvalue weighted by molar-refractivity contribution is 5.89. The molecule has 2 fully saturated rings. The zero-order valence-corrected chi connectivity index (χ0v) is 27.0. The van der Waals surface area contributed by atoms with Crippen LogP contribution in [0.4, 0.5) is 9.18 Å². The molecule has 1 amide bonds. The number of pyridine rings is 1. The molecule has 0 radical (unpaired) electrons. The minimum absolute atomic E-state index is 0.240. The number of carbonyl (C=O) groups is 1. The number of ether oxygens (including phenoxy) is 4. The van der Waals surface area contributed by atoms with Crippen LogP contribution in [0.3, 0.4) is 0 Å². The first-order valence-electron chi connectivity index (χ1n) is 15.5. The van der Waals surface area contributed by atoms with Crippen molar-refractivity contribution in [1.29, 1.82) is 0 Å². The Hall–Kier alpha value is -3.50. The van der Waals surface area contributed by atoms with E-state index in [2.05, 4.69) is 43.1 Å². The Kier molecular flexibility index (Phi) is 9.05. The molecule has 9 nitrogen and oxygen atoms in total. The predicted molar refractivity (Wildman–Crippen MR) is 167 cm³/mol. The second-order valence-corrected chi connectivity index (χ2v) is 13.9. The average Bonchev–Trinajstić information content (AvgIpc) is 3.26. The normalized spacial score (nSPS) is 19.9. The quantitative estimate of drug-likeness (QED) is 0.280. The van der Waals surface area contributed by atoms with Crippen molar-refractivity contribution in [3.05, 3.63) is 59.2 Å². The molecular weight excluding hydrogens is 563 g/mol. The SMILES string of the molecule is CC(C)(C)OC(=O)NCCOc1ccc(C(=C2CC(C)(C)OC(C)(C)C2)c2ccc3c(c2)c(F)nn3C2CCCCO2)cn1. The van der Waals surface area contributed by atoms with E-state index >= 15 is 4.39 Å². The minimum Gasteiger partial charge on any atom is -0.476 e. The van der Waals surface area contributed by atoms with Gasteiger partial charge in [-0.15, -0.1) is 5.10 Å². The zero-order chi connectivity index (χ0) is 31.7. The number of hydrogen-bond acceptors (Lipinski definition) is 7. The number of halogens is 1. The van der Waals surface area contributed by atoms with Crippen LogP contribution in [0.25, 0.3) is 16.5 Å². The lowest BCUT2D eigenvalue weighted by Crippen LogP contribution is -2.42. The van der Waals surface area contributed by atoms with Crippen molar-refractivity contribution in [1.82, 2.24) is 20.1 Å². The van der Waals surface area contributed by atoms with Crippen molar-refractivity contribution < 1.29 is 28.1 Å². The summed E-state index contributed by atoms with van der Waals surface area (Å²) in [6.45, 7) is 15.0. The van der Waals surface area contributed by atoms with E-state index in [4.69, 9.17) is 18.9 Å². The number of nitrogens with one attached hydrogen (secondary N) is 1. The first-order chi connectivity index (χ1) is 20.7. The molecule has 0 saturated carbocycles. The summed E-state index contributed by atoms with van der Waals surface area (Å²) in [5.74, 6) is -0.0677. The predicted octanol–water partition coefficient (Wildman–Crippen LogP) is 7.34. The lowest BCUT2D eigenvalue weighted by molar-refractivity contribution is -0.138. The van der Waals surface area contributed by atoms with E-state index in [9.17, 15) is 4.79 Å². The van der Waals surface area contributed by atoms with E-state index < -0.39 is 17.6 Å². The molecule has 2 saturated heterocycles. The van der Waals surface area contributed by atoms with Crippen LogP contribution in [0, 0.1) is 5.95 Å². The second-order valence-electron chi connectivity index (χ2n) is 13.9. The van der Waals surface area contributed by atoms with E-state index in [0.29, 0.717) is 17.9 Å². The maximum atomic E-state index is 15.3. The number of aromatic nitrogens is 3. The molecule has 4 heterocycles. The van der Waals surface area contributed by atoms with Gasteiger partial charge in [0.25, 0.3) is 0 Å². The number of carbonyl (C=O) groups excluding carboxylic acids is 1. The number of amides is 1. The molecule has 1 unspecified atom stereocenters. The summed E-state index contributed by atoms with van der Waals surface area (Å²) >= 11 is 0. The van der Waals surface area contributed by atoms with Crippen LogP contribution >= 0.6 is 0 Å². The van der Waals surface area contributed by atoms with Crippen molar-refractivity contribution in [3.8, 4) is 5.88 Å². The molecule has 1 N–H and O–H groups in total. The van der Waals surface area contributed by atoms with Crippen molar-refractivity contribution in [2.24, 2.45) is 0 Å². The van der Waals surface area contributed by atoms with E-state index in [1.807, 2.05) is 51.1 Å². The molecule has 10 heteroatoms. The zero-order valence-electron chi connectivity index (χ0n) is 27.0. The summed E-state index contributed by atoms with van der Waals surface area (Å²) in [5.41, 5.74) is 3.41. The molecule has 0 spiro atoms. The van der Waals surface area contributed by atoms with Gasteiger partial charge in [-0.1, -0.05) is 11.6 Å². The fraction of sp³-hybridized carbons (Fsp3) is 0.559. The number of nitrogens with zero attached hydrogens (tertiary/aromatic N) is 3. The summed E-state index contributed by atoms with van der Waals surface area (Å²) in [5, 5.41) is 7.39. The van der Waals surface area contributed by atoms with Crippen LogP contribution in [-0.2, 0) is 14.2 Å². The average molecular weight is 609 g/mol. The third kappa shape index (κ3) is 7.77. The van der Waals surface area contributed by atoms with Crippen LogP contribution in [0.15, 0.2) is 42.1 Å². The van der Waals surface area contributed by atoms with Crippen molar-refractivity contribution in [2.45, 2.75) is 104 Å². The van der Waals surface area contributed by atoms with Gasteiger partial charge in [-0.05, 0) is 110 Å². The maximum Gasteiger partial charge on any atom is 0.407 e. The Morgan fingerprint density at radius 1 is 1.09 bits per heavy atom. The van der Waals surface area contributed by atoms with Gasteiger partial charge in [-0.2, -0.15) is 4.39 Å². The van der Waals surface area contributed by atoms with Gasteiger partial charge in [0, 0.05) is 24.4 Å². The Morgan fingerprint density at radius 2 is 1.82 bits per heavy atom. The van der Waals surface area contributed by atoms with Gasteiger partial charge in [0.2, 0.25) is 11.8 Å². The summed E-state index contributed by atoms with van der Waals surface area (Å²) in [4.78, 5) is 16.5. The summed E-state index contributed by atoms with van der Waals surface area (Å²) in [6.07, 6.45) is 5.33. The Morgan fingerprint density at radius 3 is 2.45 bits per heavy atom. The molecule has 1 aromatic carbocycles. The molecule has 1 atom stereocenters. The minimum atomic E-state index is -0.565. The molecule has 2 aliphatic heterocycles. The second kappa shape index (κ2) is 12.5. The van der Waals surface area contributed by atoms with Crippen LogP contribution < -0.4 is 10.1 Å². The van der Waals surface area contributed by atoms with Crippen molar-refractivity contribution >= 4 is 22.6 Å². The summed E-state index contributed by atoms with van der Waals surface area (Å²) < 4.78 is 40.4. The van der Waals surface area contributed by atoms with Crippen LogP contribution in [0.1, 0.15) is 97.9 Å². The molecule has 44 heavy (non-hydrogen) atoms. The molecule has 0 aliphatic carbocycles. The van der Waals surface area contributed by atoms with Crippen molar-refractivity contribution in [3.63, 3.8) is 0 Å². The van der Waals surface area contributed by atoms with E-state index in [1.165, 1.54) is 5.57 Å². The largest absolute Gasteiger partial charge is 0.476 e. The third-order valence-electron chi connectivity index (χ3n) is 7.61. The molecular formula is C34H45FN4O5. The fourth-order valence-corrected chi connectivity index (χ4v) is 6.29. The third-order valence-corrected chi connectivity index (χ3v) is 7.61. The number of fused-ring (bicyclic) bond motifs is 1. The number of hydrogen-bond donors (Lipinski definition) is 1. The first kappa shape index (κ1) is 31.9. The van der Waals surface area contributed by atoms with Crippen LogP contribution in [0.5, 0.6) is 5.88 Å². The van der Waals surface area contributed by atoms with Gasteiger partial charge < -0.3 is 24.3 Å². The highest BCUT2D eigenvalue weighted by Crippen LogP contribution is 2.43. The Bertz CT molecular complexity index is 1500. The van der Waals surface area contributed by atoms with Gasteiger partial charge in [0.05, 0.1) is 28.6 Å². The smallest absolute Gasteiger partial charge is 0.407 e. The highest BCUT2D eigenvalue weighted by atomic mass is 19.1. The van der Waals surface area contributed by atoms with E-state index in [1.54, 1.807) is 10.9 Å². The molecule has 0 bridgehead atoms. The van der Waals surface area contributed by atoms with Gasteiger partial charge >= 0.3 is 6.09 Å². The molecule has 3 aromatic rings.